The first-order valence-electron chi connectivity index (χ1n) is 7.19. The van der Waals surface area contributed by atoms with Crippen LogP contribution in [0.5, 0.6) is 0 Å². The zero-order chi connectivity index (χ0) is 13.1. The fraction of sp³-hybridized carbons (Fsp3) is 0.412. The molecule has 0 bridgehead atoms. The van der Waals surface area contributed by atoms with Crippen molar-refractivity contribution in [3.8, 4) is 0 Å². The summed E-state index contributed by atoms with van der Waals surface area (Å²) in [6, 6.07) is 15.5. The molecule has 0 heterocycles. The largest absolute Gasteiger partial charge is 0.396 e. The van der Waals surface area contributed by atoms with Gasteiger partial charge in [0.2, 0.25) is 0 Å². The Bertz CT molecular complexity index is 546. The van der Waals surface area contributed by atoms with Crippen LogP contribution in [0.2, 0.25) is 0 Å². The van der Waals surface area contributed by atoms with Gasteiger partial charge in [0.1, 0.15) is 0 Å². The molecule has 2 N–H and O–H groups in total. The van der Waals surface area contributed by atoms with Crippen LogP contribution >= 0.6 is 0 Å². The molecule has 19 heavy (non-hydrogen) atoms. The molecule has 2 aromatic carbocycles. The van der Waals surface area contributed by atoms with Gasteiger partial charge in [-0.1, -0.05) is 48.9 Å². The second-order valence-electron chi connectivity index (χ2n) is 5.50. The van der Waals surface area contributed by atoms with E-state index in [9.17, 15) is 5.11 Å². The van der Waals surface area contributed by atoms with Crippen LogP contribution in [0.3, 0.4) is 0 Å². The molecule has 2 heteroatoms. The van der Waals surface area contributed by atoms with E-state index in [2.05, 4.69) is 47.8 Å². The fourth-order valence-electron chi connectivity index (χ4n) is 3.21. The Labute approximate surface area is 114 Å². The average Bonchev–Trinajstić information content (AvgIpc) is 2.92. The van der Waals surface area contributed by atoms with Gasteiger partial charge in [-0.05, 0) is 35.1 Å². The highest BCUT2D eigenvalue weighted by Gasteiger charge is 2.25. The average molecular weight is 255 g/mol. The third kappa shape index (κ3) is 2.65. The van der Waals surface area contributed by atoms with E-state index in [1.165, 1.54) is 29.2 Å². The van der Waals surface area contributed by atoms with Crippen molar-refractivity contribution in [2.24, 2.45) is 5.92 Å². The summed E-state index contributed by atoms with van der Waals surface area (Å²) in [6.45, 7) is 1.20. The van der Waals surface area contributed by atoms with Crippen LogP contribution in [0.1, 0.15) is 24.8 Å². The molecule has 1 fully saturated rings. The van der Waals surface area contributed by atoms with Gasteiger partial charge >= 0.3 is 0 Å². The minimum absolute atomic E-state index is 0.313. The summed E-state index contributed by atoms with van der Waals surface area (Å²) in [5.41, 5.74) is 1.35. The molecule has 0 aromatic heterocycles. The summed E-state index contributed by atoms with van der Waals surface area (Å²) in [6.07, 6.45) is 3.58. The minimum Gasteiger partial charge on any atom is -0.396 e. The van der Waals surface area contributed by atoms with E-state index in [4.69, 9.17) is 0 Å². The molecule has 1 aliphatic carbocycles. The molecular formula is C17H21NO. The lowest BCUT2D eigenvalue weighted by Crippen LogP contribution is -2.33. The second kappa shape index (κ2) is 5.72. The van der Waals surface area contributed by atoms with Crippen LogP contribution in [-0.4, -0.2) is 17.8 Å². The van der Waals surface area contributed by atoms with Gasteiger partial charge in [-0.25, -0.2) is 0 Å². The van der Waals surface area contributed by atoms with Gasteiger partial charge < -0.3 is 10.4 Å². The van der Waals surface area contributed by atoms with Gasteiger partial charge in [-0.3, -0.25) is 0 Å². The monoisotopic (exact) mass is 255 g/mol. The molecule has 0 aliphatic heterocycles. The first-order valence-corrected chi connectivity index (χ1v) is 7.19. The van der Waals surface area contributed by atoms with Gasteiger partial charge in [0.05, 0.1) is 0 Å². The highest BCUT2D eigenvalue weighted by molar-refractivity contribution is 5.85. The Morgan fingerprint density at radius 1 is 1.05 bits per heavy atom. The fourth-order valence-corrected chi connectivity index (χ4v) is 3.21. The van der Waals surface area contributed by atoms with Crippen LogP contribution in [0.15, 0.2) is 42.5 Å². The lowest BCUT2D eigenvalue weighted by atomic mass is 10.0. The Morgan fingerprint density at radius 2 is 1.89 bits per heavy atom. The van der Waals surface area contributed by atoms with Gasteiger partial charge in [0.15, 0.2) is 0 Å². The van der Waals surface area contributed by atoms with Gasteiger partial charge in [-0.2, -0.15) is 0 Å². The van der Waals surface area contributed by atoms with E-state index in [-0.39, 0.29) is 0 Å². The standard InChI is InChI=1S/C17H21NO/c19-12-15-8-4-10-17(15)18-11-14-7-3-6-13-5-1-2-9-16(13)14/h1-3,5-7,9,15,17-19H,4,8,10-12H2. The molecule has 0 radical (unpaired) electrons. The minimum atomic E-state index is 0.313. The van der Waals surface area contributed by atoms with E-state index in [1.54, 1.807) is 0 Å². The Balaban J connectivity index is 1.75. The number of rotatable bonds is 4. The maximum atomic E-state index is 9.37. The number of hydrogen-bond acceptors (Lipinski definition) is 2. The van der Waals surface area contributed by atoms with Crippen molar-refractivity contribution in [2.75, 3.05) is 6.61 Å². The van der Waals surface area contributed by atoms with Crippen LogP contribution in [0.25, 0.3) is 10.8 Å². The molecular weight excluding hydrogens is 234 g/mol. The van der Waals surface area contributed by atoms with E-state index in [0.717, 1.165) is 13.0 Å². The zero-order valence-electron chi connectivity index (χ0n) is 11.2. The Kier molecular flexibility index (Phi) is 3.81. The lowest BCUT2D eigenvalue weighted by molar-refractivity contribution is 0.205. The smallest absolute Gasteiger partial charge is 0.0474 e. The summed E-state index contributed by atoms with van der Waals surface area (Å²) in [5, 5.41) is 15.6. The molecule has 1 saturated carbocycles. The third-order valence-electron chi connectivity index (χ3n) is 4.33. The molecule has 0 amide bonds. The van der Waals surface area contributed by atoms with E-state index < -0.39 is 0 Å². The van der Waals surface area contributed by atoms with Crippen molar-refractivity contribution in [1.29, 1.82) is 0 Å². The maximum absolute atomic E-state index is 9.37. The number of fused-ring (bicyclic) bond motifs is 1. The highest BCUT2D eigenvalue weighted by Crippen LogP contribution is 2.26. The predicted molar refractivity (Wildman–Crippen MR) is 79.0 cm³/mol. The van der Waals surface area contributed by atoms with E-state index >= 15 is 0 Å². The number of nitrogens with one attached hydrogen (secondary N) is 1. The number of aliphatic hydroxyl groups excluding tert-OH is 1. The second-order valence-corrected chi connectivity index (χ2v) is 5.50. The molecule has 2 atom stereocenters. The maximum Gasteiger partial charge on any atom is 0.0474 e. The van der Waals surface area contributed by atoms with Crippen LogP contribution < -0.4 is 5.32 Å². The lowest BCUT2D eigenvalue weighted by Gasteiger charge is -2.19. The van der Waals surface area contributed by atoms with Crippen LogP contribution in [-0.2, 0) is 6.54 Å². The van der Waals surface area contributed by atoms with Crippen molar-refractivity contribution in [1.82, 2.24) is 5.32 Å². The summed E-state index contributed by atoms with van der Waals surface area (Å²) in [4.78, 5) is 0. The predicted octanol–water partition coefficient (Wildman–Crippen LogP) is 3.09. The molecule has 0 saturated heterocycles. The SMILES string of the molecule is OCC1CCCC1NCc1cccc2ccccc12. The molecule has 1 aliphatic rings. The Morgan fingerprint density at radius 3 is 2.79 bits per heavy atom. The van der Waals surface area contributed by atoms with Crippen molar-refractivity contribution >= 4 is 10.8 Å². The van der Waals surface area contributed by atoms with Crippen LogP contribution in [0, 0.1) is 5.92 Å². The normalized spacial score (nSPS) is 23.0. The van der Waals surface area contributed by atoms with Gasteiger partial charge in [0, 0.05) is 19.2 Å². The summed E-state index contributed by atoms with van der Waals surface area (Å²) in [7, 11) is 0. The first-order chi connectivity index (χ1) is 9.38. The molecule has 2 unspecified atom stereocenters. The zero-order valence-corrected chi connectivity index (χ0v) is 11.2. The van der Waals surface area contributed by atoms with E-state index in [0.29, 0.717) is 18.6 Å². The summed E-state index contributed by atoms with van der Waals surface area (Å²) >= 11 is 0. The topological polar surface area (TPSA) is 32.3 Å². The molecule has 3 rings (SSSR count). The molecule has 2 aromatic rings. The van der Waals surface area contributed by atoms with Gasteiger partial charge in [-0.15, -0.1) is 0 Å². The molecule has 2 nitrogen and oxygen atoms in total. The summed E-state index contributed by atoms with van der Waals surface area (Å²) < 4.78 is 0. The molecule has 0 spiro atoms. The van der Waals surface area contributed by atoms with Crippen LogP contribution in [0.4, 0.5) is 0 Å². The quantitative estimate of drug-likeness (QED) is 0.880. The number of benzene rings is 2. The Hall–Kier alpha value is -1.38. The van der Waals surface area contributed by atoms with E-state index in [1.807, 2.05) is 0 Å². The number of hydrogen-bond donors (Lipinski definition) is 2. The summed E-state index contributed by atoms with van der Waals surface area (Å²) in [5.74, 6) is 0.440. The highest BCUT2D eigenvalue weighted by atomic mass is 16.3. The van der Waals surface area contributed by atoms with Crippen molar-refractivity contribution in [3.63, 3.8) is 0 Å². The van der Waals surface area contributed by atoms with Crippen molar-refractivity contribution < 1.29 is 5.11 Å². The van der Waals surface area contributed by atoms with Crippen molar-refractivity contribution in [3.05, 3.63) is 48.0 Å². The third-order valence-corrected chi connectivity index (χ3v) is 4.33. The van der Waals surface area contributed by atoms with Crippen molar-refractivity contribution in [2.45, 2.75) is 31.8 Å². The number of aliphatic hydroxyl groups is 1. The first kappa shape index (κ1) is 12.6. The van der Waals surface area contributed by atoms with Gasteiger partial charge in [0.25, 0.3) is 0 Å². The molecule has 100 valence electrons.